The van der Waals surface area contributed by atoms with E-state index in [1.807, 2.05) is 6.92 Å². The number of hydrogen-bond donors (Lipinski definition) is 1. The van der Waals surface area contributed by atoms with E-state index in [-0.39, 0.29) is 12.5 Å². The van der Waals surface area contributed by atoms with Crippen molar-refractivity contribution in [2.24, 2.45) is 0 Å². The number of pyridine rings is 1. The highest BCUT2D eigenvalue weighted by atomic mass is 16.5. The van der Waals surface area contributed by atoms with Gasteiger partial charge in [-0.15, -0.1) is 0 Å². The van der Waals surface area contributed by atoms with Crippen LogP contribution in [0.4, 0.5) is 0 Å². The number of ether oxygens (including phenoxy) is 1. The van der Waals surface area contributed by atoms with Crippen LogP contribution in [0.1, 0.15) is 23.7 Å². The molecule has 0 atom stereocenters. The van der Waals surface area contributed by atoms with Gasteiger partial charge in [0.15, 0.2) is 0 Å². The summed E-state index contributed by atoms with van der Waals surface area (Å²) in [5.74, 6) is 0.375. The summed E-state index contributed by atoms with van der Waals surface area (Å²) in [7, 11) is 1.51. The zero-order chi connectivity index (χ0) is 12.7. The third-order valence-corrected chi connectivity index (χ3v) is 2.49. The largest absolute Gasteiger partial charge is 0.494 e. The van der Waals surface area contributed by atoms with Crippen molar-refractivity contribution in [2.45, 2.75) is 13.3 Å². The standard InChI is InChI=1S/C12H18N2O3/c1-3-14(7-4-8-15)12(16)10-5-6-13-9-11(10)17-2/h5-6,9,15H,3-4,7-8H2,1-2H3. The molecular weight excluding hydrogens is 220 g/mol. The number of carbonyl (C=O) groups is 1. The highest BCUT2D eigenvalue weighted by Crippen LogP contribution is 2.17. The van der Waals surface area contributed by atoms with Crippen LogP contribution in [0.25, 0.3) is 0 Å². The first-order chi connectivity index (χ1) is 8.24. The lowest BCUT2D eigenvalue weighted by Crippen LogP contribution is -2.32. The zero-order valence-electron chi connectivity index (χ0n) is 10.2. The maximum Gasteiger partial charge on any atom is 0.257 e. The van der Waals surface area contributed by atoms with E-state index in [2.05, 4.69) is 4.98 Å². The Morgan fingerprint density at radius 3 is 2.94 bits per heavy atom. The molecule has 0 bridgehead atoms. The van der Waals surface area contributed by atoms with Crippen LogP contribution in [-0.4, -0.2) is 47.7 Å². The molecule has 17 heavy (non-hydrogen) atoms. The molecule has 0 saturated heterocycles. The number of hydrogen-bond acceptors (Lipinski definition) is 4. The molecule has 0 radical (unpaired) electrons. The summed E-state index contributed by atoms with van der Waals surface area (Å²) in [5, 5.41) is 8.79. The lowest BCUT2D eigenvalue weighted by Gasteiger charge is -2.21. The number of aliphatic hydroxyl groups excluding tert-OH is 1. The number of rotatable bonds is 6. The van der Waals surface area contributed by atoms with Gasteiger partial charge in [0.05, 0.1) is 18.9 Å². The van der Waals surface area contributed by atoms with Crippen molar-refractivity contribution in [1.29, 1.82) is 0 Å². The van der Waals surface area contributed by atoms with Gasteiger partial charge in [-0.1, -0.05) is 0 Å². The molecule has 1 aromatic rings. The van der Waals surface area contributed by atoms with Crippen molar-refractivity contribution >= 4 is 5.91 Å². The van der Waals surface area contributed by atoms with Crippen LogP contribution in [0.3, 0.4) is 0 Å². The van der Waals surface area contributed by atoms with Crippen molar-refractivity contribution in [3.63, 3.8) is 0 Å². The molecule has 0 fully saturated rings. The Balaban J connectivity index is 2.85. The van der Waals surface area contributed by atoms with Gasteiger partial charge in [0.1, 0.15) is 5.75 Å². The van der Waals surface area contributed by atoms with Crippen LogP contribution in [0.2, 0.25) is 0 Å². The maximum atomic E-state index is 12.2. The molecule has 0 saturated carbocycles. The molecule has 0 aliphatic carbocycles. The zero-order valence-corrected chi connectivity index (χ0v) is 10.2. The van der Waals surface area contributed by atoms with Gasteiger partial charge in [-0.05, 0) is 19.4 Å². The Labute approximate surface area is 101 Å². The minimum Gasteiger partial charge on any atom is -0.494 e. The van der Waals surface area contributed by atoms with E-state index in [1.54, 1.807) is 17.2 Å². The summed E-state index contributed by atoms with van der Waals surface area (Å²) in [6, 6.07) is 1.64. The first-order valence-electron chi connectivity index (χ1n) is 5.62. The normalized spacial score (nSPS) is 10.1. The van der Waals surface area contributed by atoms with Gasteiger partial charge >= 0.3 is 0 Å². The summed E-state index contributed by atoms with van der Waals surface area (Å²) in [6.45, 7) is 3.13. The predicted octanol–water partition coefficient (Wildman–Crippen LogP) is 0.935. The average molecular weight is 238 g/mol. The number of carbonyl (C=O) groups excluding carboxylic acids is 1. The average Bonchev–Trinajstić information content (AvgIpc) is 2.39. The lowest BCUT2D eigenvalue weighted by molar-refractivity contribution is 0.0750. The third-order valence-electron chi connectivity index (χ3n) is 2.49. The number of methoxy groups -OCH3 is 1. The second kappa shape index (κ2) is 6.85. The number of nitrogens with zero attached hydrogens (tertiary/aromatic N) is 2. The van der Waals surface area contributed by atoms with Crippen LogP contribution in [-0.2, 0) is 0 Å². The Morgan fingerprint density at radius 1 is 1.59 bits per heavy atom. The van der Waals surface area contributed by atoms with Crippen molar-refractivity contribution < 1.29 is 14.6 Å². The predicted molar refractivity (Wildman–Crippen MR) is 64.1 cm³/mol. The fourth-order valence-corrected chi connectivity index (χ4v) is 1.55. The summed E-state index contributed by atoms with van der Waals surface area (Å²) < 4.78 is 5.11. The molecule has 0 unspecified atom stereocenters. The van der Waals surface area contributed by atoms with E-state index < -0.39 is 0 Å². The summed E-state index contributed by atoms with van der Waals surface area (Å²) in [4.78, 5) is 17.8. The molecule has 5 heteroatoms. The lowest BCUT2D eigenvalue weighted by atomic mass is 10.2. The molecule has 94 valence electrons. The van der Waals surface area contributed by atoms with Crippen LogP contribution in [0, 0.1) is 0 Å². The number of aliphatic hydroxyl groups is 1. The Kier molecular flexibility index (Phi) is 5.42. The van der Waals surface area contributed by atoms with Crippen LogP contribution in [0.15, 0.2) is 18.5 Å². The SMILES string of the molecule is CCN(CCCO)C(=O)c1ccncc1OC. The second-order valence-electron chi connectivity index (χ2n) is 3.54. The van der Waals surface area contributed by atoms with Crippen molar-refractivity contribution in [1.82, 2.24) is 9.88 Å². The minimum atomic E-state index is -0.0970. The molecule has 0 aliphatic rings. The Morgan fingerprint density at radius 2 is 2.35 bits per heavy atom. The monoisotopic (exact) mass is 238 g/mol. The highest BCUT2D eigenvalue weighted by molar-refractivity contribution is 5.96. The van der Waals surface area contributed by atoms with E-state index in [0.717, 1.165) is 0 Å². The summed E-state index contributed by atoms with van der Waals surface area (Å²) in [5.41, 5.74) is 0.502. The van der Waals surface area contributed by atoms with E-state index in [9.17, 15) is 4.79 Å². The van der Waals surface area contributed by atoms with E-state index in [0.29, 0.717) is 30.8 Å². The third kappa shape index (κ3) is 3.42. The molecule has 1 amide bonds. The Bertz CT molecular complexity index is 369. The smallest absolute Gasteiger partial charge is 0.257 e. The first kappa shape index (κ1) is 13.4. The molecule has 1 N–H and O–H groups in total. The summed E-state index contributed by atoms with van der Waals surface area (Å²) >= 11 is 0. The first-order valence-corrected chi connectivity index (χ1v) is 5.62. The molecule has 1 aromatic heterocycles. The van der Waals surface area contributed by atoms with Crippen molar-refractivity contribution in [2.75, 3.05) is 26.8 Å². The Hall–Kier alpha value is -1.62. The molecule has 0 aromatic carbocycles. The summed E-state index contributed by atoms with van der Waals surface area (Å²) in [6.07, 6.45) is 3.66. The fourth-order valence-electron chi connectivity index (χ4n) is 1.55. The fraction of sp³-hybridized carbons (Fsp3) is 0.500. The number of aromatic nitrogens is 1. The molecule has 1 rings (SSSR count). The van der Waals surface area contributed by atoms with Gasteiger partial charge in [0.2, 0.25) is 0 Å². The molecule has 0 spiro atoms. The van der Waals surface area contributed by atoms with Gasteiger partial charge in [-0.25, -0.2) is 0 Å². The van der Waals surface area contributed by atoms with Crippen molar-refractivity contribution in [3.05, 3.63) is 24.0 Å². The van der Waals surface area contributed by atoms with Gasteiger partial charge < -0.3 is 14.7 Å². The van der Waals surface area contributed by atoms with Gasteiger partial charge in [0.25, 0.3) is 5.91 Å². The van der Waals surface area contributed by atoms with E-state index in [4.69, 9.17) is 9.84 Å². The quantitative estimate of drug-likeness (QED) is 0.801. The highest BCUT2D eigenvalue weighted by Gasteiger charge is 2.17. The van der Waals surface area contributed by atoms with Crippen LogP contribution in [0.5, 0.6) is 5.75 Å². The second-order valence-corrected chi connectivity index (χ2v) is 3.54. The molecule has 0 aliphatic heterocycles. The topological polar surface area (TPSA) is 62.7 Å². The molecule has 5 nitrogen and oxygen atoms in total. The van der Waals surface area contributed by atoms with E-state index >= 15 is 0 Å². The van der Waals surface area contributed by atoms with Gasteiger partial charge in [0, 0.05) is 25.9 Å². The van der Waals surface area contributed by atoms with Gasteiger partial charge in [-0.2, -0.15) is 0 Å². The van der Waals surface area contributed by atoms with Crippen molar-refractivity contribution in [3.8, 4) is 5.75 Å². The van der Waals surface area contributed by atoms with Crippen LogP contribution >= 0.6 is 0 Å². The maximum absolute atomic E-state index is 12.2. The minimum absolute atomic E-state index is 0.0806. The van der Waals surface area contributed by atoms with E-state index in [1.165, 1.54) is 13.3 Å². The molecular formula is C12H18N2O3. The number of amides is 1. The van der Waals surface area contributed by atoms with Gasteiger partial charge in [-0.3, -0.25) is 9.78 Å². The molecule has 1 heterocycles. The van der Waals surface area contributed by atoms with Crippen LogP contribution < -0.4 is 4.74 Å².